The van der Waals surface area contributed by atoms with Crippen LogP contribution in [-0.4, -0.2) is 36.6 Å². The smallest absolute Gasteiger partial charge is 0.320 e. The van der Waals surface area contributed by atoms with Crippen molar-refractivity contribution < 1.29 is 14.7 Å². The van der Waals surface area contributed by atoms with Crippen LogP contribution in [0.4, 0.5) is 0 Å². The lowest BCUT2D eigenvalue weighted by molar-refractivity contribution is -0.139. The van der Waals surface area contributed by atoms with Crippen molar-refractivity contribution in [2.24, 2.45) is 0 Å². The van der Waals surface area contributed by atoms with E-state index in [2.05, 4.69) is 10.6 Å². The molecule has 0 spiro atoms. The monoisotopic (exact) mass is 188 g/mol. The molecule has 13 heavy (non-hydrogen) atoms. The molecule has 76 valence electrons. The predicted molar refractivity (Wildman–Crippen MR) is 48.4 cm³/mol. The van der Waals surface area contributed by atoms with Gasteiger partial charge in [0.05, 0.1) is 0 Å². The number of hydrogen-bond donors (Lipinski definition) is 3. The second-order valence-electron chi connectivity index (χ2n) is 2.68. The number of rotatable bonds is 6. The Morgan fingerprint density at radius 1 is 1.46 bits per heavy atom. The van der Waals surface area contributed by atoms with Crippen molar-refractivity contribution in [1.29, 1.82) is 0 Å². The van der Waals surface area contributed by atoms with Gasteiger partial charge in [-0.05, 0) is 6.42 Å². The molecule has 1 atom stereocenters. The lowest BCUT2D eigenvalue weighted by Crippen LogP contribution is -2.38. The summed E-state index contributed by atoms with van der Waals surface area (Å²) in [6.45, 7) is 2.18. The normalized spacial score (nSPS) is 12.2. The maximum Gasteiger partial charge on any atom is 0.320 e. The summed E-state index contributed by atoms with van der Waals surface area (Å²) >= 11 is 0. The molecule has 0 aliphatic rings. The van der Waals surface area contributed by atoms with Gasteiger partial charge in [-0.15, -0.1) is 0 Å². The fourth-order valence-electron chi connectivity index (χ4n) is 0.891. The lowest BCUT2D eigenvalue weighted by atomic mass is 10.2. The van der Waals surface area contributed by atoms with Crippen molar-refractivity contribution in [2.75, 3.05) is 13.6 Å². The van der Waals surface area contributed by atoms with Gasteiger partial charge in [0.15, 0.2) is 0 Å². The molecule has 5 nitrogen and oxygen atoms in total. The molecule has 0 heterocycles. The van der Waals surface area contributed by atoms with Gasteiger partial charge in [0, 0.05) is 20.0 Å². The molecule has 0 fully saturated rings. The summed E-state index contributed by atoms with van der Waals surface area (Å²) in [5.74, 6) is -0.966. The third-order valence-electron chi connectivity index (χ3n) is 1.73. The summed E-state index contributed by atoms with van der Waals surface area (Å²) < 4.78 is 0. The average Bonchev–Trinajstić information content (AvgIpc) is 2.11. The third-order valence-corrected chi connectivity index (χ3v) is 1.73. The number of nitrogens with one attached hydrogen (secondary N) is 2. The molecule has 0 saturated heterocycles. The van der Waals surface area contributed by atoms with E-state index >= 15 is 0 Å². The molecule has 0 aromatic heterocycles. The Labute approximate surface area is 77.5 Å². The van der Waals surface area contributed by atoms with Crippen LogP contribution in [0.25, 0.3) is 0 Å². The van der Waals surface area contributed by atoms with Crippen LogP contribution in [0.2, 0.25) is 0 Å². The topological polar surface area (TPSA) is 78.4 Å². The summed E-state index contributed by atoms with van der Waals surface area (Å²) in [4.78, 5) is 21.3. The molecule has 5 heteroatoms. The number of carbonyl (C=O) groups excluding carboxylic acids is 1. The number of aliphatic carboxylic acids is 1. The number of hydrogen-bond acceptors (Lipinski definition) is 3. The van der Waals surface area contributed by atoms with E-state index in [-0.39, 0.29) is 5.91 Å². The molecular weight excluding hydrogens is 172 g/mol. The quantitative estimate of drug-likeness (QED) is 0.529. The highest BCUT2D eigenvalue weighted by atomic mass is 16.4. The van der Waals surface area contributed by atoms with Crippen LogP contribution in [-0.2, 0) is 9.59 Å². The molecule has 0 aliphatic carbocycles. The maximum absolute atomic E-state index is 10.8. The maximum atomic E-state index is 10.8. The minimum Gasteiger partial charge on any atom is -0.480 e. The molecule has 0 saturated carbocycles. The summed E-state index contributed by atoms with van der Waals surface area (Å²) in [6.07, 6.45) is 0.823. The Bertz CT molecular complexity index is 182. The molecule has 0 rings (SSSR count). The second-order valence-corrected chi connectivity index (χ2v) is 2.68. The van der Waals surface area contributed by atoms with Crippen molar-refractivity contribution in [2.45, 2.75) is 25.8 Å². The van der Waals surface area contributed by atoms with E-state index in [9.17, 15) is 9.59 Å². The van der Waals surface area contributed by atoms with Gasteiger partial charge < -0.3 is 15.7 Å². The highest BCUT2D eigenvalue weighted by Gasteiger charge is 2.13. The zero-order valence-electron chi connectivity index (χ0n) is 7.96. The van der Waals surface area contributed by atoms with Gasteiger partial charge in [-0.2, -0.15) is 0 Å². The van der Waals surface area contributed by atoms with E-state index < -0.39 is 12.0 Å². The Hall–Kier alpha value is -1.10. The first kappa shape index (κ1) is 11.9. The van der Waals surface area contributed by atoms with Crippen molar-refractivity contribution in [3.8, 4) is 0 Å². The average molecular weight is 188 g/mol. The summed E-state index contributed by atoms with van der Waals surface area (Å²) in [6, 6.07) is -0.551. The van der Waals surface area contributed by atoms with Crippen LogP contribution >= 0.6 is 0 Å². The number of carboxylic acids is 1. The van der Waals surface area contributed by atoms with Gasteiger partial charge in [0.1, 0.15) is 6.04 Å². The fraction of sp³-hybridized carbons (Fsp3) is 0.750. The van der Waals surface area contributed by atoms with Crippen LogP contribution in [0.1, 0.15) is 19.8 Å². The Morgan fingerprint density at radius 3 is 2.46 bits per heavy atom. The Balaban J connectivity index is 3.61. The van der Waals surface area contributed by atoms with Crippen LogP contribution in [0.5, 0.6) is 0 Å². The van der Waals surface area contributed by atoms with Gasteiger partial charge in [-0.3, -0.25) is 9.59 Å². The number of carboxylic acid groups (broad SMARTS) is 1. The highest BCUT2D eigenvalue weighted by molar-refractivity contribution is 5.76. The van der Waals surface area contributed by atoms with E-state index in [4.69, 9.17) is 5.11 Å². The molecule has 0 aliphatic heterocycles. The van der Waals surface area contributed by atoms with E-state index in [0.717, 1.165) is 0 Å². The van der Waals surface area contributed by atoms with E-state index in [0.29, 0.717) is 19.4 Å². The van der Waals surface area contributed by atoms with Gasteiger partial charge in [0.25, 0.3) is 0 Å². The molecule has 0 radical (unpaired) electrons. The molecule has 1 amide bonds. The lowest BCUT2D eigenvalue weighted by Gasteiger charge is -2.10. The van der Waals surface area contributed by atoms with E-state index in [1.807, 2.05) is 0 Å². The second kappa shape index (κ2) is 6.42. The Kier molecular flexibility index (Phi) is 5.88. The molecular formula is C8H16N2O3. The Morgan fingerprint density at radius 2 is 2.08 bits per heavy atom. The molecule has 3 N–H and O–H groups in total. The molecule has 0 bridgehead atoms. The highest BCUT2D eigenvalue weighted by Crippen LogP contribution is 1.90. The van der Waals surface area contributed by atoms with Gasteiger partial charge in [-0.1, -0.05) is 6.92 Å². The molecule has 1 unspecified atom stereocenters. The first-order valence-electron chi connectivity index (χ1n) is 4.28. The van der Waals surface area contributed by atoms with Crippen molar-refractivity contribution >= 4 is 11.9 Å². The van der Waals surface area contributed by atoms with E-state index in [1.54, 1.807) is 14.0 Å². The number of carbonyl (C=O) groups is 2. The zero-order chi connectivity index (χ0) is 10.3. The van der Waals surface area contributed by atoms with E-state index in [1.165, 1.54) is 0 Å². The van der Waals surface area contributed by atoms with Gasteiger partial charge in [-0.25, -0.2) is 0 Å². The predicted octanol–water partition coefficient (Wildman–Crippen LogP) is -0.425. The standard InChI is InChI=1S/C8H16N2O3/c1-3-6(8(12)13)10-5-4-7(11)9-2/h6,10H,3-5H2,1-2H3,(H,9,11)(H,12,13). The van der Waals surface area contributed by atoms with Crippen molar-refractivity contribution in [1.82, 2.24) is 10.6 Å². The van der Waals surface area contributed by atoms with Crippen LogP contribution < -0.4 is 10.6 Å². The SMILES string of the molecule is CCC(NCCC(=O)NC)C(=O)O. The summed E-state index contributed by atoms with van der Waals surface area (Å²) in [5, 5.41) is 13.9. The van der Waals surface area contributed by atoms with Crippen molar-refractivity contribution in [3.63, 3.8) is 0 Å². The largest absolute Gasteiger partial charge is 0.480 e. The van der Waals surface area contributed by atoms with Gasteiger partial charge >= 0.3 is 5.97 Å². The van der Waals surface area contributed by atoms with Crippen LogP contribution in [0.3, 0.4) is 0 Å². The fourth-order valence-corrected chi connectivity index (χ4v) is 0.891. The van der Waals surface area contributed by atoms with Crippen LogP contribution in [0, 0.1) is 0 Å². The first-order chi connectivity index (χ1) is 6.11. The summed E-state index contributed by atoms with van der Waals surface area (Å²) in [5.41, 5.74) is 0. The first-order valence-corrected chi connectivity index (χ1v) is 4.28. The third kappa shape index (κ3) is 5.19. The van der Waals surface area contributed by atoms with Crippen molar-refractivity contribution in [3.05, 3.63) is 0 Å². The minimum absolute atomic E-state index is 0.0901. The number of amides is 1. The van der Waals surface area contributed by atoms with Crippen LogP contribution in [0.15, 0.2) is 0 Å². The molecule has 0 aromatic rings. The summed E-state index contributed by atoms with van der Waals surface area (Å²) in [7, 11) is 1.55. The van der Waals surface area contributed by atoms with Gasteiger partial charge in [0.2, 0.25) is 5.91 Å². The minimum atomic E-state index is -0.876. The molecule has 0 aromatic carbocycles. The zero-order valence-corrected chi connectivity index (χ0v) is 7.96.